The van der Waals surface area contributed by atoms with Gasteiger partial charge in [-0.25, -0.2) is 4.39 Å². The second-order valence-corrected chi connectivity index (χ2v) is 10.1. The smallest absolute Gasteiger partial charge is 0.191 e. The van der Waals surface area contributed by atoms with Crippen molar-refractivity contribution in [3.05, 3.63) is 35.6 Å². The van der Waals surface area contributed by atoms with Crippen molar-refractivity contribution in [2.45, 2.75) is 75.5 Å². The lowest BCUT2D eigenvalue weighted by atomic mass is 9.64. The van der Waals surface area contributed by atoms with E-state index in [1.807, 2.05) is 19.1 Å². The monoisotopic (exact) mass is 535 g/mol. The molecule has 1 aromatic carbocycles. The van der Waals surface area contributed by atoms with E-state index in [2.05, 4.69) is 17.6 Å². The van der Waals surface area contributed by atoms with Crippen molar-refractivity contribution >= 4 is 40.7 Å². The summed E-state index contributed by atoms with van der Waals surface area (Å²) in [5.41, 5.74) is 1.23. The zero-order valence-electron chi connectivity index (χ0n) is 17.6. The Morgan fingerprint density at radius 2 is 1.93 bits per heavy atom. The maximum absolute atomic E-state index is 13.3. The molecule has 0 heterocycles. The van der Waals surface area contributed by atoms with E-state index in [0.29, 0.717) is 17.8 Å². The summed E-state index contributed by atoms with van der Waals surface area (Å²) in [7, 11) is -0.721. The van der Waals surface area contributed by atoms with Crippen molar-refractivity contribution < 1.29 is 8.60 Å². The first-order valence-corrected chi connectivity index (χ1v) is 12.1. The third-order valence-corrected chi connectivity index (χ3v) is 8.02. The summed E-state index contributed by atoms with van der Waals surface area (Å²) >= 11 is 0. The Hall–Kier alpha value is -0.700. The highest BCUT2D eigenvalue weighted by Gasteiger charge is 2.38. The second-order valence-electron chi connectivity index (χ2n) is 8.14. The van der Waals surface area contributed by atoms with Crippen molar-refractivity contribution in [3.63, 3.8) is 0 Å². The molecule has 0 aromatic heterocycles. The number of aliphatic imine (C=N–C) groups is 1. The van der Waals surface area contributed by atoms with E-state index in [9.17, 15) is 8.60 Å². The highest BCUT2D eigenvalue weighted by molar-refractivity contribution is 14.0. The summed E-state index contributed by atoms with van der Waals surface area (Å²) in [4.78, 5) is 4.92. The predicted octanol–water partition coefficient (Wildman–Crippen LogP) is 4.50. The number of benzene rings is 1. The Balaban J connectivity index is 0.00000300. The third-order valence-electron chi connectivity index (χ3n) is 6.27. The molecule has 3 unspecified atom stereocenters. The van der Waals surface area contributed by atoms with Crippen molar-refractivity contribution in [1.29, 1.82) is 0 Å². The number of hydrogen-bond donors (Lipinski definition) is 2. The first kappa shape index (κ1) is 24.6. The summed E-state index contributed by atoms with van der Waals surface area (Å²) in [6.07, 6.45) is 7.64. The number of rotatable bonds is 7. The fraction of sp³-hybridized carbons (Fsp3) is 0.682. The van der Waals surface area contributed by atoms with Crippen LogP contribution >= 0.6 is 24.0 Å². The van der Waals surface area contributed by atoms with E-state index < -0.39 is 10.8 Å². The fourth-order valence-corrected chi connectivity index (χ4v) is 5.79. The molecule has 2 N–H and O–H groups in total. The minimum Gasteiger partial charge on any atom is -0.357 e. The van der Waals surface area contributed by atoms with E-state index in [1.165, 1.54) is 12.0 Å². The Morgan fingerprint density at radius 3 is 2.52 bits per heavy atom. The molecule has 29 heavy (non-hydrogen) atoms. The first-order valence-electron chi connectivity index (χ1n) is 10.7. The normalized spacial score (nSPS) is 24.7. The molecule has 2 aliphatic rings. The van der Waals surface area contributed by atoms with Crippen LogP contribution in [0.15, 0.2) is 29.3 Å². The molecular formula is C22H35FIN3OS. The maximum atomic E-state index is 13.3. The highest BCUT2D eigenvalue weighted by atomic mass is 127. The number of halogens is 2. The Morgan fingerprint density at radius 1 is 1.21 bits per heavy atom. The van der Waals surface area contributed by atoms with Gasteiger partial charge in [0.2, 0.25) is 0 Å². The molecule has 0 saturated heterocycles. The van der Waals surface area contributed by atoms with E-state index in [0.717, 1.165) is 56.8 Å². The van der Waals surface area contributed by atoms with E-state index in [-0.39, 0.29) is 35.2 Å². The Kier molecular flexibility index (Phi) is 9.85. The Labute approximate surface area is 194 Å². The van der Waals surface area contributed by atoms with Gasteiger partial charge >= 0.3 is 0 Å². The van der Waals surface area contributed by atoms with Gasteiger partial charge in [0.1, 0.15) is 5.82 Å². The van der Waals surface area contributed by atoms with Gasteiger partial charge in [-0.05, 0) is 56.7 Å². The van der Waals surface area contributed by atoms with Crippen LogP contribution < -0.4 is 10.6 Å². The van der Waals surface area contributed by atoms with Crippen LogP contribution in [-0.4, -0.2) is 40.3 Å². The number of nitrogens with zero attached hydrogens (tertiary/aromatic N) is 1. The molecule has 2 saturated carbocycles. The number of hydrogen-bond acceptors (Lipinski definition) is 2. The van der Waals surface area contributed by atoms with Crippen molar-refractivity contribution in [2.75, 3.05) is 18.8 Å². The van der Waals surface area contributed by atoms with Crippen LogP contribution in [0, 0.1) is 5.82 Å². The van der Waals surface area contributed by atoms with E-state index in [1.54, 1.807) is 12.1 Å². The molecule has 164 valence electrons. The van der Waals surface area contributed by atoms with Gasteiger partial charge in [-0.3, -0.25) is 9.20 Å². The maximum Gasteiger partial charge on any atom is 0.191 e. The predicted molar refractivity (Wildman–Crippen MR) is 131 cm³/mol. The van der Waals surface area contributed by atoms with E-state index >= 15 is 0 Å². The summed E-state index contributed by atoms with van der Waals surface area (Å²) in [6, 6.07) is 7.26. The van der Waals surface area contributed by atoms with Crippen LogP contribution in [0.2, 0.25) is 0 Å². The minimum atomic E-state index is -0.721. The molecular weight excluding hydrogens is 500 g/mol. The molecule has 4 nitrogen and oxygen atoms in total. The summed E-state index contributed by atoms with van der Waals surface area (Å²) in [5.74, 6) is 1.41. The van der Waals surface area contributed by atoms with Gasteiger partial charge in [0.15, 0.2) is 5.96 Å². The van der Waals surface area contributed by atoms with E-state index in [4.69, 9.17) is 4.99 Å². The average molecular weight is 536 g/mol. The molecule has 0 spiro atoms. The van der Waals surface area contributed by atoms with Gasteiger partial charge in [-0.1, -0.05) is 31.9 Å². The van der Waals surface area contributed by atoms with Crippen molar-refractivity contribution in [3.8, 4) is 0 Å². The molecule has 7 heteroatoms. The molecule has 3 atom stereocenters. The van der Waals surface area contributed by atoms with Gasteiger partial charge in [0.25, 0.3) is 0 Å². The quantitative estimate of drug-likeness (QED) is 0.307. The minimum absolute atomic E-state index is 0. The molecule has 2 fully saturated rings. The molecule has 0 amide bonds. The van der Waals surface area contributed by atoms with Gasteiger partial charge in [-0.2, -0.15) is 0 Å². The summed E-state index contributed by atoms with van der Waals surface area (Å²) in [5, 5.41) is 7.27. The van der Waals surface area contributed by atoms with Crippen LogP contribution in [0.3, 0.4) is 0 Å². The summed E-state index contributed by atoms with van der Waals surface area (Å²) < 4.78 is 25.5. The largest absolute Gasteiger partial charge is 0.357 e. The molecule has 1 aromatic rings. The fourth-order valence-electron chi connectivity index (χ4n) is 4.44. The first-order chi connectivity index (χ1) is 13.6. The molecule has 0 bridgehead atoms. The zero-order chi connectivity index (χ0) is 20.0. The average Bonchev–Trinajstić information content (AvgIpc) is 2.68. The van der Waals surface area contributed by atoms with Gasteiger partial charge in [0, 0.05) is 39.8 Å². The molecule has 3 rings (SSSR count). The van der Waals surface area contributed by atoms with Crippen LogP contribution in [0.4, 0.5) is 4.39 Å². The van der Waals surface area contributed by atoms with Crippen LogP contribution in [0.1, 0.15) is 64.4 Å². The molecule has 0 radical (unpaired) electrons. The lowest BCUT2D eigenvalue weighted by Gasteiger charge is -2.41. The zero-order valence-corrected chi connectivity index (χ0v) is 20.7. The highest BCUT2D eigenvalue weighted by Crippen LogP contribution is 2.44. The topological polar surface area (TPSA) is 53.5 Å². The SMILES string of the molecule is CCNC(=NCC1(c2ccc(F)cc2)CCC1)NC1CCCC(S(=O)CC)C1.I. The molecule has 0 aliphatic heterocycles. The van der Waals surface area contributed by atoms with Crippen molar-refractivity contribution in [1.82, 2.24) is 10.6 Å². The molecule has 2 aliphatic carbocycles. The van der Waals surface area contributed by atoms with Gasteiger partial charge in [-0.15, -0.1) is 24.0 Å². The lowest BCUT2D eigenvalue weighted by Crippen LogP contribution is -2.47. The number of guanidine groups is 1. The van der Waals surface area contributed by atoms with Crippen LogP contribution in [0.25, 0.3) is 0 Å². The second kappa shape index (κ2) is 11.6. The van der Waals surface area contributed by atoms with Gasteiger partial charge in [0.05, 0.1) is 6.54 Å². The van der Waals surface area contributed by atoms with Gasteiger partial charge < -0.3 is 10.6 Å². The Bertz CT molecular complexity index is 694. The lowest BCUT2D eigenvalue weighted by molar-refractivity contribution is 0.253. The van der Waals surface area contributed by atoms with Crippen molar-refractivity contribution in [2.24, 2.45) is 4.99 Å². The van der Waals surface area contributed by atoms with Crippen LogP contribution in [0.5, 0.6) is 0 Å². The third kappa shape index (κ3) is 6.39. The standard InChI is InChI=1S/C22H34FN3OS.HI/c1-3-24-21(26-19-7-5-8-20(15-19)28(27)4-2)25-16-22(13-6-14-22)17-9-11-18(23)12-10-17;/h9-12,19-20H,3-8,13-16H2,1-2H3,(H2,24,25,26);1H. The summed E-state index contributed by atoms with van der Waals surface area (Å²) in [6.45, 7) is 5.61. The number of nitrogens with one attached hydrogen (secondary N) is 2. The van der Waals surface area contributed by atoms with Crippen LogP contribution in [-0.2, 0) is 16.2 Å².